The van der Waals surface area contributed by atoms with Crippen LogP contribution >= 0.6 is 27.5 Å². The van der Waals surface area contributed by atoms with Crippen molar-refractivity contribution in [3.8, 4) is 0 Å². The van der Waals surface area contributed by atoms with Crippen LogP contribution in [0.5, 0.6) is 0 Å². The highest BCUT2D eigenvalue weighted by atomic mass is 79.9. The molecule has 1 saturated carbocycles. The molecule has 0 heterocycles. The van der Waals surface area contributed by atoms with Crippen LogP contribution in [0.15, 0.2) is 22.7 Å². The molecule has 0 saturated heterocycles. The first-order chi connectivity index (χ1) is 7.56. The molecule has 0 atom stereocenters. The molecule has 1 fully saturated rings. The standard InChI is InChI=1S/C11H10BrClFNO/c12-8-2-1-7(5-9(8)14)10(16)15-11(6-13)3-4-11/h1-2,5H,3-4,6H2,(H,15,16). The van der Waals surface area contributed by atoms with Crippen molar-refractivity contribution in [3.05, 3.63) is 34.1 Å². The topological polar surface area (TPSA) is 29.1 Å². The number of hydrogen-bond acceptors (Lipinski definition) is 1. The van der Waals surface area contributed by atoms with E-state index in [9.17, 15) is 9.18 Å². The summed E-state index contributed by atoms with van der Waals surface area (Å²) in [6.07, 6.45) is 1.78. The molecular weight excluding hydrogens is 296 g/mol. The molecule has 0 aliphatic heterocycles. The lowest BCUT2D eigenvalue weighted by Crippen LogP contribution is -2.38. The maximum atomic E-state index is 13.2. The fourth-order valence-electron chi connectivity index (χ4n) is 1.39. The molecule has 0 unspecified atom stereocenters. The molecule has 16 heavy (non-hydrogen) atoms. The van der Waals surface area contributed by atoms with Gasteiger partial charge in [0.1, 0.15) is 5.82 Å². The highest BCUT2D eigenvalue weighted by molar-refractivity contribution is 9.10. The van der Waals surface area contributed by atoms with Gasteiger partial charge in [-0.2, -0.15) is 0 Å². The van der Waals surface area contributed by atoms with Gasteiger partial charge in [-0.1, -0.05) is 0 Å². The van der Waals surface area contributed by atoms with Crippen molar-refractivity contribution in [1.29, 1.82) is 0 Å². The van der Waals surface area contributed by atoms with E-state index < -0.39 is 5.82 Å². The molecule has 5 heteroatoms. The van der Waals surface area contributed by atoms with Gasteiger partial charge in [-0.15, -0.1) is 11.6 Å². The second kappa shape index (κ2) is 4.34. The lowest BCUT2D eigenvalue weighted by Gasteiger charge is -2.13. The Hall–Kier alpha value is -0.610. The molecule has 86 valence electrons. The number of hydrogen-bond donors (Lipinski definition) is 1. The van der Waals surface area contributed by atoms with Crippen molar-refractivity contribution >= 4 is 33.4 Å². The van der Waals surface area contributed by atoms with Crippen molar-refractivity contribution < 1.29 is 9.18 Å². The summed E-state index contributed by atoms with van der Waals surface area (Å²) in [5.74, 6) is -0.314. The van der Waals surface area contributed by atoms with Gasteiger partial charge < -0.3 is 5.32 Å². The first-order valence-corrected chi connectivity index (χ1v) is 6.23. The van der Waals surface area contributed by atoms with Gasteiger partial charge in [0.15, 0.2) is 0 Å². The van der Waals surface area contributed by atoms with Crippen LogP contribution in [-0.4, -0.2) is 17.3 Å². The van der Waals surface area contributed by atoms with Crippen molar-refractivity contribution in [2.24, 2.45) is 0 Å². The van der Waals surface area contributed by atoms with Crippen LogP contribution in [0, 0.1) is 5.82 Å². The van der Waals surface area contributed by atoms with Crippen LogP contribution in [0.25, 0.3) is 0 Å². The third-order valence-electron chi connectivity index (χ3n) is 2.67. The minimum atomic E-state index is -0.441. The Morgan fingerprint density at radius 1 is 1.56 bits per heavy atom. The Kier molecular flexibility index (Phi) is 3.22. The van der Waals surface area contributed by atoms with E-state index in [1.165, 1.54) is 12.1 Å². The van der Waals surface area contributed by atoms with E-state index in [1.54, 1.807) is 6.07 Å². The molecule has 0 radical (unpaired) electrons. The number of rotatable bonds is 3. The van der Waals surface area contributed by atoms with Crippen molar-refractivity contribution in [3.63, 3.8) is 0 Å². The number of halogens is 3. The summed E-state index contributed by atoms with van der Waals surface area (Å²) >= 11 is 8.79. The Morgan fingerprint density at radius 3 is 2.75 bits per heavy atom. The zero-order chi connectivity index (χ0) is 11.8. The average Bonchev–Trinajstić information content (AvgIpc) is 3.02. The van der Waals surface area contributed by atoms with E-state index in [0.29, 0.717) is 15.9 Å². The number of amides is 1. The summed E-state index contributed by atoms with van der Waals surface area (Å²) in [7, 11) is 0. The SMILES string of the molecule is O=C(NC1(CCl)CC1)c1ccc(Br)c(F)c1. The molecule has 1 amide bonds. The third kappa shape index (κ3) is 2.38. The van der Waals surface area contributed by atoms with E-state index >= 15 is 0 Å². The monoisotopic (exact) mass is 305 g/mol. The smallest absolute Gasteiger partial charge is 0.251 e. The fourth-order valence-corrected chi connectivity index (χ4v) is 1.97. The van der Waals surface area contributed by atoms with Crippen molar-refractivity contribution in [2.75, 3.05) is 5.88 Å². The quantitative estimate of drug-likeness (QED) is 0.854. The largest absolute Gasteiger partial charge is 0.345 e. The van der Waals surface area contributed by atoms with Gasteiger partial charge in [-0.05, 0) is 47.0 Å². The first kappa shape index (κ1) is 11.9. The lowest BCUT2D eigenvalue weighted by molar-refractivity contribution is 0.0935. The van der Waals surface area contributed by atoms with Gasteiger partial charge in [0.2, 0.25) is 0 Å². The van der Waals surface area contributed by atoms with E-state index in [1.807, 2.05) is 0 Å². The van der Waals surface area contributed by atoms with E-state index in [4.69, 9.17) is 11.6 Å². The van der Waals surface area contributed by atoms with Crippen LogP contribution < -0.4 is 5.32 Å². The molecule has 0 aromatic heterocycles. The molecule has 0 spiro atoms. The van der Waals surface area contributed by atoms with Crippen LogP contribution in [0.1, 0.15) is 23.2 Å². The second-order valence-corrected chi connectivity index (χ2v) is 5.12. The van der Waals surface area contributed by atoms with Gasteiger partial charge >= 0.3 is 0 Å². The van der Waals surface area contributed by atoms with Gasteiger partial charge in [0, 0.05) is 11.4 Å². The summed E-state index contributed by atoms with van der Waals surface area (Å²) in [5.41, 5.74) is 0.0550. The summed E-state index contributed by atoms with van der Waals surface area (Å²) in [5, 5.41) is 2.83. The summed E-state index contributed by atoms with van der Waals surface area (Å²) in [6, 6.07) is 4.31. The molecule has 2 rings (SSSR count). The van der Waals surface area contributed by atoms with Gasteiger partial charge in [-0.3, -0.25) is 4.79 Å². The first-order valence-electron chi connectivity index (χ1n) is 4.90. The number of carbonyl (C=O) groups is 1. The van der Waals surface area contributed by atoms with Gasteiger partial charge in [0.25, 0.3) is 5.91 Å². The van der Waals surface area contributed by atoms with Crippen molar-refractivity contribution in [2.45, 2.75) is 18.4 Å². The molecular formula is C11H10BrClFNO. The fraction of sp³-hybridized carbons (Fsp3) is 0.364. The Bertz CT molecular complexity index is 434. The Balaban J connectivity index is 2.12. The molecule has 0 bridgehead atoms. The van der Waals surface area contributed by atoms with Crippen LogP contribution in [-0.2, 0) is 0 Å². The lowest BCUT2D eigenvalue weighted by atomic mass is 10.2. The van der Waals surface area contributed by atoms with Gasteiger partial charge in [-0.25, -0.2) is 4.39 Å². The molecule has 2 nitrogen and oxygen atoms in total. The Morgan fingerprint density at radius 2 is 2.25 bits per heavy atom. The Labute approximate surface area is 106 Å². The molecule has 1 aliphatic rings. The normalized spacial score (nSPS) is 16.9. The molecule has 1 aromatic rings. The van der Waals surface area contributed by atoms with Crippen LogP contribution in [0.3, 0.4) is 0 Å². The number of benzene rings is 1. The number of alkyl halides is 1. The zero-order valence-electron chi connectivity index (χ0n) is 8.40. The average molecular weight is 307 g/mol. The molecule has 1 aliphatic carbocycles. The molecule has 1 aromatic carbocycles. The summed E-state index contributed by atoms with van der Waals surface area (Å²) in [4.78, 5) is 11.8. The van der Waals surface area contributed by atoms with Crippen LogP contribution in [0.4, 0.5) is 4.39 Å². The summed E-state index contributed by atoms with van der Waals surface area (Å²) in [6.45, 7) is 0. The number of nitrogens with one attached hydrogen (secondary N) is 1. The zero-order valence-corrected chi connectivity index (χ0v) is 10.7. The minimum absolute atomic E-state index is 0.262. The van der Waals surface area contributed by atoms with Crippen molar-refractivity contribution in [1.82, 2.24) is 5.32 Å². The number of carbonyl (C=O) groups excluding carboxylic acids is 1. The maximum absolute atomic E-state index is 13.2. The minimum Gasteiger partial charge on any atom is -0.345 e. The predicted molar refractivity (Wildman–Crippen MR) is 64.3 cm³/mol. The van der Waals surface area contributed by atoms with E-state index in [0.717, 1.165) is 12.8 Å². The third-order valence-corrected chi connectivity index (χ3v) is 3.82. The van der Waals surface area contributed by atoms with Gasteiger partial charge in [0.05, 0.1) is 10.0 Å². The highest BCUT2D eigenvalue weighted by Crippen LogP contribution is 2.36. The maximum Gasteiger partial charge on any atom is 0.251 e. The summed E-state index contributed by atoms with van der Waals surface area (Å²) < 4.78 is 13.6. The van der Waals surface area contributed by atoms with E-state index in [2.05, 4.69) is 21.2 Å². The van der Waals surface area contributed by atoms with E-state index in [-0.39, 0.29) is 11.4 Å². The van der Waals surface area contributed by atoms with Crippen LogP contribution in [0.2, 0.25) is 0 Å². The highest BCUT2D eigenvalue weighted by Gasteiger charge is 2.43. The predicted octanol–water partition coefficient (Wildman–Crippen LogP) is 3.09. The molecule has 1 N–H and O–H groups in total. The second-order valence-electron chi connectivity index (χ2n) is 4.00.